The van der Waals surface area contributed by atoms with Crippen molar-refractivity contribution in [2.75, 3.05) is 6.61 Å². The summed E-state index contributed by atoms with van der Waals surface area (Å²) in [7, 11) is 0. The summed E-state index contributed by atoms with van der Waals surface area (Å²) >= 11 is 0. The first kappa shape index (κ1) is 12.7. The maximum atomic E-state index is 11.9. The van der Waals surface area contributed by atoms with Gasteiger partial charge in [-0.2, -0.15) is 0 Å². The number of allylic oxidation sites excluding steroid dienone is 1. The molecule has 20 heavy (non-hydrogen) atoms. The predicted octanol–water partition coefficient (Wildman–Crippen LogP) is 3.01. The van der Waals surface area contributed by atoms with Crippen LogP contribution >= 0.6 is 0 Å². The van der Waals surface area contributed by atoms with E-state index in [0.29, 0.717) is 24.5 Å². The maximum Gasteiger partial charge on any atom is 0.374 e. The van der Waals surface area contributed by atoms with E-state index in [2.05, 4.69) is 4.98 Å². The van der Waals surface area contributed by atoms with E-state index < -0.39 is 5.97 Å². The van der Waals surface area contributed by atoms with Gasteiger partial charge in [0.2, 0.25) is 5.76 Å². The van der Waals surface area contributed by atoms with Crippen molar-refractivity contribution >= 4 is 16.9 Å². The van der Waals surface area contributed by atoms with Gasteiger partial charge in [-0.05, 0) is 37.6 Å². The van der Waals surface area contributed by atoms with Gasteiger partial charge in [-0.15, -0.1) is 0 Å². The van der Waals surface area contributed by atoms with Crippen LogP contribution in [0.1, 0.15) is 19.4 Å². The number of pyridine rings is 1. The second-order valence-electron chi connectivity index (χ2n) is 4.76. The van der Waals surface area contributed by atoms with E-state index in [-0.39, 0.29) is 0 Å². The van der Waals surface area contributed by atoms with Crippen LogP contribution in [-0.4, -0.2) is 17.6 Å². The summed E-state index contributed by atoms with van der Waals surface area (Å²) in [6.07, 6.45) is 2.45. The van der Waals surface area contributed by atoms with Crippen molar-refractivity contribution in [2.45, 2.75) is 20.3 Å². The smallest absolute Gasteiger partial charge is 0.374 e. The average Bonchev–Trinajstić information content (AvgIpc) is 2.44. The molecule has 4 heteroatoms. The normalized spacial score (nSPS) is 13.9. The van der Waals surface area contributed by atoms with Crippen LogP contribution in [0.5, 0.6) is 5.75 Å². The molecule has 0 fully saturated rings. The molecule has 0 atom stereocenters. The Kier molecular flexibility index (Phi) is 3.14. The number of hydrogen-bond donors (Lipinski definition) is 0. The highest BCUT2D eigenvalue weighted by molar-refractivity contribution is 5.89. The quantitative estimate of drug-likeness (QED) is 0.786. The molecule has 102 valence electrons. The molecule has 1 aliphatic heterocycles. The van der Waals surface area contributed by atoms with Crippen molar-refractivity contribution in [3.05, 3.63) is 47.4 Å². The molecule has 0 bridgehead atoms. The third kappa shape index (κ3) is 2.13. The van der Waals surface area contributed by atoms with Crippen LogP contribution in [0.3, 0.4) is 0 Å². The lowest BCUT2D eigenvalue weighted by Crippen LogP contribution is -2.19. The third-order valence-electron chi connectivity index (χ3n) is 3.30. The highest BCUT2D eigenvalue weighted by atomic mass is 16.6. The zero-order valence-corrected chi connectivity index (χ0v) is 11.5. The zero-order valence-electron chi connectivity index (χ0n) is 11.5. The Hall–Kier alpha value is -2.36. The Bertz CT molecular complexity index is 719. The molecule has 4 nitrogen and oxygen atoms in total. The molecule has 0 aliphatic carbocycles. The van der Waals surface area contributed by atoms with Crippen LogP contribution in [-0.2, 0) is 16.0 Å². The number of rotatable bonds is 2. The summed E-state index contributed by atoms with van der Waals surface area (Å²) in [5.74, 6) is 0.615. The number of fused-ring (bicyclic) bond motifs is 2. The van der Waals surface area contributed by atoms with Gasteiger partial charge in [-0.25, -0.2) is 4.79 Å². The van der Waals surface area contributed by atoms with Crippen LogP contribution in [0.15, 0.2) is 41.8 Å². The van der Waals surface area contributed by atoms with Gasteiger partial charge in [0.15, 0.2) is 0 Å². The number of carbonyl (C=O) groups is 1. The summed E-state index contributed by atoms with van der Waals surface area (Å²) < 4.78 is 10.8. The lowest BCUT2D eigenvalue weighted by Gasteiger charge is -2.21. The molecule has 1 aromatic heterocycles. The van der Waals surface area contributed by atoms with Gasteiger partial charge in [-0.3, -0.25) is 4.98 Å². The Balaban J connectivity index is 2.02. The first-order chi connectivity index (χ1) is 9.69. The van der Waals surface area contributed by atoms with Crippen molar-refractivity contribution in [2.24, 2.45) is 0 Å². The highest BCUT2D eigenvalue weighted by Gasteiger charge is 2.24. The van der Waals surface area contributed by atoms with Crippen LogP contribution in [0, 0.1) is 0 Å². The fraction of sp³-hybridized carbons (Fsp3) is 0.250. The second kappa shape index (κ2) is 4.96. The Morgan fingerprint density at radius 2 is 2.30 bits per heavy atom. The summed E-state index contributed by atoms with van der Waals surface area (Å²) in [6.45, 7) is 4.01. The number of aromatic nitrogens is 1. The molecule has 2 aromatic rings. The summed E-state index contributed by atoms with van der Waals surface area (Å²) in [6, 6.07) is 7.78. The van der Waals surface area contributed by atoms with E-state index in [4.69, 9.17) is 9.47 Å². The minimum atomic E-state index is -0.401. The number of carbonyl (C=O) groups excluding carboxylic acids is 1. The van der Waals surface area contributed by atoms with Crippen LogP contribution in [0.25, 0.3) is 10.9 Å². The summed E-state index contributed by atoms with van der Waals surface area (Å²) in [4.78, 5) is 16.2. The topological polar surface area (TPSA) is 48.4 Å². The van der Waals surface area contributed by atoms with E-state index >= 15 is 0 Å². The lowest BCUT2D eigenvalue weighted by molar-refractivity contribution is -0.141. The number of esters is 1. The Labute approximate surface area is 117 Å². The number of hydrogen-bond acceptors (Lipinski definition) is 4. The standard InChI is InChI=1S/C16H15NO3/c1-3-19-16(18)15-10(2)7-12-8-13-11(5-4-6-17-13)9-14(12)20-15/h4-6,8-9H,3,7H2,1-2H3. The molecule has 2 heterocycles. The van der Waals surface area contributed by atoms with Gasteiger partial charge < -0.3 is 9.47 Å². The minimum Gasteiger partial charge on any atom is -0.460 e. The first-order valence-electron chi connectivity index (χ1n) is 6.61. The SMILES string of the molecule is CCOC(=O)C1=C(C)Cc2cc3ncccc3cc2O1. The van der Waals surface area contributed by atoms with Gasteiger partial charge in [-0.1, -0.05) is 6.07 Å². The average molecular weight is 269 g/mol. The molecule has 1 aliphatic rings. The number of nitrogens with zero attached hydrogens (tertiary/aromatic N) is 1. The van der Waals surface area contributed by atoms with Crippen molar-refractivity contribution in [1.29, 1.82) is 0 Å². The van der Waals surface area contributed by atoms with E-state index in [1.165, 1.54) is 0 Å². The summed E-state index contributed by atoms with van der Waals surface area (Å²) in [5, 5.41) is 0.994. The second-order valence-corrected chi connectivity index (χ2v) is 4.76. The molecule has 0 N–H and O–H groups in total. The van der Waals surface area contributed by atoms with Gasteiger partial charge in [0.1, 0.15) is 5.75 Å². The Morgan fingerprint density at radius 1 is 1.45 bits per heavy atom. The van der Waals surface area contributed by atoms with E-state index in [1.54, 1.807) is 13.1 Å². The molecule has 3 rings (SSSR count). The molecule has 0 unspecified atom stereocenters. The molecule has 0 saturated carbocycles. The van der Waals surface area contributed by atoms with Crippen LogP contribution in [0.4, 0.5) is 0 Å². The zero-order chi connectivity index (χ0) is 14.1. The molecule has 0 amide bonds. The molecule has 0 radical (unpaired) electrons. The Morgan fingerprint density at radius 3 is 3.10 bits per heavy atom. The fourth-order valence-corrected chi connectivity index (χ4v) is 2.35. The largest absolute Gasteiger partial charge is 0.460 e. The number of benzene rings is 1. The van der Waals surface area contributed by atoms with Crippen LogP contribution < -0.4 is 4.74 Å². The minimum absolute atomic E-state index is 0.308. The molecular weight excluding hydrogens is 254 g/mol. The molecule has 0 saturated heterocycles. The predicted molar refractivity (Wildman–Crippen MR) is 75.4 cm³/mol. The summed E-state index contributed by atoms with van der Waals surface area (Å²) in [5.41, 5.74) is 2.86. The number of ether oxygens (including phenoxy) is 2. The molecule has 0 spiro atoms. The van der Waals surface area contributed by atoms with E-state index in [0.717, 1.165) is 22.0 Å². The fourth-order valence-electron chi connectivity index (χ4n) is 2.35. The van der Waals surface area contributed by atoms with Crippen molar-refractivity contribution in [3.63, 3.8) is 0 Å². The van der Waals surface area contributed by atoms with Gasteiger partial charge in [0.25, 0.3) is 0 Å². The van der Waals surface area contributed by atoms with Crippen molar-refractivity contribution in [3.8, 4) is 5.75 Å². The molecular formula is C16H15NO3. The van der Waals surface area contributed by atoms with Crippen molar-refractivity contribution < 1.29 is 14.3 Å². The lowest BCUT2D eigenvalue weighted by atomic mass is 10.00. The molecule has 1 aromatic carbocycles. The van der Waals surface area contributed by atoms with E-state index in [1.807, 2.05) is 31.2 Å². The third-order valence-corrected chi connectivity index (χ3v) is 3.30. The van der Waals surface area contributed by atoms with Gasteiger partial charge in [0.05, 0.1) is 12.1 Å². The highest BCUT2D eigenvalue weighted by Crippen LogP contribution is 2.33. The monoisotopic (exact) mass is 269 g/mol. The van der Waals surface area contributed by atoms with Gasteiger partial charge in [0, 0.05) is 23.6 Å². The van der Waals surface area contributed by atoms with Crippen LogP contribution in [0.2, 0.25) is 0 Å². The first-order valence-corrected chi connectivity index (χ1v) is 6.61. The van der Waals surface area contributed by atoms with Crippen molar-refractivity contribution in [1.82, 2.24) is 4.98 Å². The maximum absolute atomic E-state index is 11.9. The van der Waals surface area contributed by atoms with E-state index in [9.17, 15) is 4.79 Å². The van der Waals surface area contributed by atoms with Gasteiger partial charge >= 0.3 is 5.97 Å².